The van der Waals surface area contributed by atoms with Gasteiger partial charge in [0.1, 0.15) is 11.2 Å². The lowest BCUT2D eigenvalue weighted by atomic mass is 9.84. The van der Waals surface area contributed by atoms with Gasteiger partial charge in [0.15, 0.2) is 0 Å². The van der Waals surface area contributed by atoms with Gasteiger partial charge in [-0.2, -0.15) is 0 Å². The number of hydrogen-bond donors (Lipinski definition) is 0. The van der Waals surface area contributed by atoms with Crippen LogP contribution in [-0.4, -0.2) is 0 Å². The van der Waals surface area contributed by atoms with Crippen molar-refractivity contribution in [3.05, 3.63) is 181 Å². The minimum Gasteiger partial charge on any atom is -0.455 e. The smallest absolute Gasteiger partial charge is 0.143 e. The highest BCUT2D eigenvalue weighted by molar-refractivity contribution is 6.28. The molecule has 13 aromatic rings. The summed E-state index contributed by atoms with van der Waals surface area (Å²) in [4.78, 5) is 0. The minimum absolute atomic E-state index is 0.350. The predicted octanol–water partition coefficient (Wildman–Crippen LogP) is 15.5. The molecular formula is C54H30O. The molecule has 0 fully saturated rings. The molecule has 1 aromatic heterocycles. The lowest BCUT2D eigenvalue weighted by Gasteiger charge is -2.19. The van der Waals surface area contributed by atoms with Crippen LogP contribution in [0.1, 0.15) is 41.1 Å². The van der Waals surface area contributed by atoms with Crippen LogP contribution in [0.25, 0.3) is 131 Å². The van der Waals surface area contributed by atoms with Gasteiger partial charge in [0.2, 0.25) is 0 Å². The zero-order valence-electron chi connectivity index (χ0n) is 57.4. The highest BCUT2D eigenvalue weighted by Crippen LogP contribution is 2.48. The van der Waals surface area contributed by atoms with Crippen LogP contribution >= 0.6 is 0 Å². The Bertz CT molecular complexity index is 5420. The van der Waals surface area contributed by atoms with Crippen molar-refractivity contribution in [1.29, 1.82) is 0 Å². The largest absolute Gasteiger partial charge is 0.455 e. The summed E-state index contributed by atoms with van der Waals surface area (Å²) >= 11 is 0. The van der Waals surface area contributed by atoms with E-state index in [0.717, 1.165) is 0 Å². The molecule has 0 saturated carbocycles. The topological polar surface area (TPSA) is 13.1 Å². The van der Waals surface area contributed by atoms with E-state index in [2.05, 4.69) is 0 Å². The normalized spacial score (nSPS) is 20.0. The molecule has 0 radical (unpaired) electrons. The Balaban J connectivity index is 1.35. The van der Waals surface area contributed by atoms with Crippen LogP contribution < -0.4 is 0 Å². The maximum Gasteiger partial charge on any atom is 0.143 e. The van der Waals surface area contributed by atoms with Crippen LogP contribution in [0.3, 0.4) is 0 Å². The standard InChI is InChI=1S/C54H30O/c1-2-11-40-31(6-1)18-29-46-53-43(12-5-13-48(53)55-54(40)46)41-26-23-38(39-24-19-36-16-14-32-7-3-9-34-21-27-44(39)51(36)49(32)34)30-47(41)42-25-20-37-17-15-33-8-4-10-35-22-28-45(42)52(37)50(33)35/h1-30H/i1D,2D,3D,4D,5D,6D,7D,8D,9D,10D,11D,12D,13D,14D,15D,16D,17D,18D,19D,20D,21D,22D,23D,24D,25D,26D,27D,28D,29D,30D. The van der Waals surface area contributed by atoms with E-state index in [9.17, 15) is 23.3 Å². The van der Waals surface area contributed by atoms with E-state index in [1.165, 1.54) is 0 Å². The Labute approximate surface area is 358 Å². The van der Waals surface area contributed by atoms with Crippen molar-refractivity contribution in [1.82, 2.24) is 0 Å². The number of fused-ring (bicyclic) bond motifs is 5. The second-order valence-corrected chi connectivity index (χ2v) is 12.8. The van der Waals surface area contributed by atoms with Gasteiger partial charge < -0.3 is 4.42 Å². The van der Waals surface area contributed by atoms with Crippen LogP contribution in [0, 0.1) is 0 Å². The Morgan fingerprint density at radius 2 is 0.800 bits per heavy atom. The molecule has 0 saturated heterocycles. The van der Waals surface area contributed by atoms with Gasteiger partial charge in [-0.1, -0.05) is 163 Å². The first-order valence-corrected chi connectivity index (χ1v) is 16.7. The predicted molar refractivity (Wildman–Crippen MR) is 235 cm³/mol. The summed E-state index contributed by atoms with van der Waals surface area (Å²) < 4.78 is 285. The molecule has 0 amide bonds. The van der Waals surface area contributed by atoms with Crippen LogP contribution in [0.4, 0.5) is 0 Å². The van der Waals surface area contributed by atoms with E-state index in [-0.39, 0.29) is 5.39 Å². The number of furan rings is 1. The van der Waals surface area contributed by atoms with Gasteiger partial charge in [-0.05, 0) is 122 Å². The summed E-state index contributed by atoms with van der Waals surface area (Å²) in [6, 6.07) is -26.8. The van der Waals surface area contributed by atoms with Gasteiger partial charge in [0.05, 0.1) is 41.1 Å². The molecule has 1 nitrogen and oxygen atoms in total. The highest BCUT2D eigenvalue weighted by Gasteiger charge is 2.21. The first-order valence-electron chi connectivity index (χ1n) is 31.7. The van der Waals surface area contributed by atoms with Crippen molar-refractivity contribution in [3.8, 4) is 33.4 Å². The Kier molecular flexibility index (Phi) is 2.52. The van der Waals surface area contributed by atoms with Gasteiger partial charge in [-0.3, -0.25) is 0 Å². The molecule has 0 aliphatic heterocycles. The number of benzene rings is 12. The fourth-order valence-electron chi connectivity index (χ4n) is 7.56. The first kappa shape index (κ1) is 13.0. The van der Waals surface area contributed by atoms with Crippen molar-refractivity contribution in [2.24, 2.45) is 0 Å². The molecule has 12 aromatic carbocycles. The van der Waals surface area contributed by atoms with Crippen LogP contribution in [0.2, 0.25) is 0 Å². The maximum atomic E-state index is 10.6. The Hall–Kier alpha value is -7.22. The lowest BCUT2D eigenvalue weighted by Crippen LogP contribution is -1.92. The highest BCUT2D eigenvalue weighted by atomic mass is 16.3. The second kappa shape index (κ2) is 10.7. The number of rotatable bonds is 3. The fraction of sp³-hybridized carbons (Fsp3) is 0. The fourth-order valence-corrected chi connectivity index (χ4v) is 7.56. The minimum atomic E-state index is -1.17. The van der Waals surface area contributed by atoms with Gasteiger partial charge in [0, 0.05) is 16.2 Å². The van der Waals surface area contributed by atoms with E-state index >= 15 is 0 Å². The van der Waals surface area contributed by atoms with E-state index in [4.69, 9.17) is 22.2 Å². The van der Waals surface area contributed by atoms with Crippen molar-refractivity contribution in [2.45, 2.75) is 0 Å². The molecule has 0 bridgehead atoms. The van der Waals surface area contributed by atoms with Gasteiger partial charge in [-0.15, -0.1) is 0 Å². The van der Waals surface area contributed by atoms with E-state index in [1.807, 2.05) is 0 Å². The summed E-state index contributed by atoms with van der Waals surface area (Å²) in [7, 11) is 0. The van der Waals surface area contributed by atoms with Crippen LogP contribution in [0.15, 0.2) is 186 Å². The maximum absolute atomic E-state index is 10.6. The number of hydrogen-bond acceptors (Lipinski definition) is 1. The molecule has 0 atom stereocenters. The van der Waals surface area contributed by atoms with Gasteiger partial charge >= 0.3 is 0 Å². The third-order valence-corrected chi connectivity index (χ3v) is 9.94. The van der Waals surface area contributed by atoms with E-state index < -0.39 is 307 Å². The molecule has 55 heavy (non-hydrogen) atoms. The SMILES string of the molecule is [2H]c1c([2H])c(-c2c([2H])c([2H])c([2H])c3oc4c5c([2H])c([2H])c([2H])c([2H])c5c([2H])c([2H])c4c23)c(-c2c([2H])c([2H])c3c([2H])c([2H])c4c([2H])c([2H])c([2H])c5c([2H])c([2H])c2c3c45)c([2H])c1-c1c([2H])c([2H])c2c([2H])c([2H])c3c([2H])c([2H])c([2H])c4c([2H])c([2H])c1c2c34. The van der Waals surface area contributed by atoms with Crippen LogP contribution in [-0.2, 0) is 0 Å². The van der Waals surface area contributed by atoms with E-state index in [0.29, 0.717) is 0 Å². The third-order valence-electron chi connectivity index (χ3n) is 9.94. The quantitative estimate of drug-likeness (QED) is 0.165. The summed E-state index contributed by atoms with van der Waals surface area (Å²) in [5, 5.41) is -8.16. The van der Waals surface area contributed by atoms with Gasteiger partial charge in [-0.25, -0.2) is 0 Å². The molecule has 1 heterocycles. The monoisotopic (exact) mass is 724 g/mol. The third kappa shape index (κ3) is 3.97. The van der Waals surface area contributed by atoms with Crippen molar-refractivity contribution in [2.75, 3.05) is 0 Å². The molecule has 0 N–H and O–H groups in total. The van der Waals surface area contributed by atoms with Crippen molar-refractivity contribution >= 4 is 97.3 Å². The average molecular weight is 725 g/mol. The molecule has 0 aliphatic carbocycles. The molecule has 252 valence electrons. The van der Waals surface area contributed by atoms with Crippen molar-refractivity contribution < 1.29 is 45.5 Å². The molecule has 0 aliphatic rings. The average Bonchev–Trinajstić information content (AvgIpc) is 1.12. The molecule has 0 spiro atoms. The van der Waals surface area contributed by atoms with Crippen molar-refractivity contribution in [3.63, 3.8) is 0 Å². The van der Waals surface area contributed by atoms with Crippen LogP contribution in [0.5, 0.6) is 0 Å². The molecule has 1 heteroatoms. The Morgan fingerprint density at radius 3 is 1.51 bits per heavy atom. The summed E-state index contributed by atoms with van der Waals surface area (Å²) in [5.74, 6) is 0. The first-order chi connectivity index (χ1) is 39.8. The zero-order valence-corrected chi connectivity index (χ0v) is 27.4. The summed E-state index contributed by atoms with van der Waals surface area (Å²) in [6.07, 6.45) is 0. The molecular weight excluding hydrogens is 665 g/mol. The summed E-state index contributed by atoms with van der Waals surface area (Å²) in [5.41, 5.74) is -6.52. The summed E-state index contributed by atoms with van der Waals surface area (Å²) in [6.45, 7) is 0. The second-order valence-electron chi connectivity index (χ2n) is 12.8. The van der Waals surface area contributed by atoms with E-state index in [1.54, 1.807) is 0 Å². The molecule has 0 unspecified atom stereocenters. The Morgan fingerprint density at radius 1 is 0.291 bits per heavy atom. The zero-order chi connectivity index (χ0) is 61.9. The lowest BCUT2D eigenvalue weighted by molar-refractivity contribution is 0.673. The van der Waals surface area contributed by atoms with Gasteiger partial charge in [0.25, 0.3) is 0 Å². The molecule has 13 rings (SSSR count).